The number of carbonyl (C=O) groups excluding carboxylic acids is 1. The number of hydrogen-bond acceptors (Lipinski definition) is 8. The molecule has 0 saturated heterocycles. The summed E-state index contributed by atoms with van der Waals surface area (Å²) in [6.45, 7) is 1.33. The van der Waals surface area contributed by atoms with Crippen molar-refractivity contribution in [3.63, 3.8) is 0 Å². The molecule has 200 valence electrons. The molecule has 0 radical (unpaired) electrons. The van der Waals surface area contributed by atoms with Gasteiger partial charge in [0, 0.05) is 47.9 Å². The number of nitrogens with one attached hydrogen (secondary N) is 1. The third-order valence-corrected chi connectivity index (χ3v) is 6.97. The van der Waals surface area contributed by atoms with Crippen LogP contribution in [-0.2, 0) is 28.0 Å². The highest BCUT2D eigenvalue weighted by Gasteiger charge is 2.36. The van der Waals surface area contributed by atoms with Crippen molar-refractivity contribution >= 4 is 39.9 Å². The van der Waals surface area contributed by atoms with Crippen molar-refractivity contribution in [2.75, 3.05) is 37.8 Å². The molecule has 38 heavy (non-hydrogen) atoms. The number of rotatable bonds is 5. The summed E-state index contributed by atoms with van der Waals surface area (Å²) in [5.74, 6) is 0.206. The Morgan fingerprint density at radius 1 is 1.26 bits per heavy atom. The lowest BCUT2D eigenvalue weighted by Gasteiger charge is -2.33. The van der Waals surface area contributed by atoms with Crippen LogP contribution >= 0.6 is 0 Å². The number of alkyl halides is 2. The number of hydrogen-bond donors (Lipinski definition) is 3. The van der Waals surface area contributed by atoms with E-state index in [0.717, 1.165) is 10.6 Å². The fourth-order valence-electron chi connectivity index (χ4n) is 4.75. The Bertz CT molecular complexity index is 1490. The SMILES string of the molecule is COC1=NCC(N)(c2cc3cc(Nc4cc5n(n4)CC(=O)N(CC(F)F)CC5)ncc3c(N)c2F)C(C)=C1. The highest BCUT2D eigenvalue weighted by atomic mass is 19.3. The number of anilines is 3. The van der Waals surface area contributed by atoms with E-state index >= 15 is 4.39 Å². The van der Waals surface area contributed by atoms with Crippen LogP contribution in [0.2, 0.25) is 0 Å². The molecule has 0 saturated carbocycles. The first-order chi connectivity index (χ1) is 18.1. The molecule has 5 N–H and O–H groups in total. The molecule has 2 aliphatic heterocycles. The van der Waals surface area contributed by atoms with E-state index in [2.05, 4.69) is 20.4 Å². The minimum atomic E-state index is -2.59. The minimum Gasteiger partial charge on any atom is -0.481 e. The molecule has 13 heteroatoms. The first-order valence-corrected chi connectivity index (χ1v) is 11.9. The van der Waals surface area contributed by atoms with E-state index in [9.17, 15) is 13.6 Å². The molecule has 10 nitrogen and oxygen atoms in total. The summed E-state index contributed by atoms with van der Waals surface area (Å²) in [6.07, 6.45) is 0.922. The van der Waals surface area contributed by atoms with Gasteiger partial charge in [0.25, 0.3) is 6.43 Å². The molecule has 0 bridgehead atoms. The molecule has 3 aromatic rings. The highest BCUT2D eigenvalue weighted by molar-refractivity contribution is 5.95. The molecule has 1 aromatic carbocycles. The van der Waals surface area contributed by atoms with Gasteiger partial charge in [0.15, 0.2) is 11.6 Å². The van der Waals surface area contributed by atoms with E-state index in [-0.39, 0.29) is 30.9 Å². The Balaban J connectivity index is 1.43. The lowest BCUT2D eigenvalue weighted by molar-refractivity contribution is -0.133. The number of ether oxygens (including phenoxy) is 1. The summed E-state index contributed by atoms with van der Waals surface area (Å²) in [6, 6.07) is 5.08. The Hall–Kier alpha value is -4.13. The number of carbonyl (C=O) groups is 1. The molecule has 0 aliphatic carbocycles. The van der Waals surface area contributed by atoms with E-state index in [4.69, 9.17) is 16.2 Å². The lowest BCUT2D eigenvalue weighted by Crippen LogP contribution is -2.44. The van der Waals surface area contributed by atoms with Crippen molar-refractivity contribution in [3.05, 3.63) is 53.1 Å². The Labute approximate surface area is 216 Å². The zero-order valence-electron chi connectivity index (χ0n) is 20.8. The molecule has 4 heterocycles. The summed E-state index contributed by atoms with van der Waals surface area (Å²) >= 11 is 0. The van der Waals surface area contributed by atoms with Gasteiger partial charge in [-0.05, 0) is 30.0 Å². The minimum absolute atomic E-state index is 0.0729. The average molecular weight is 529 g/mol. The van der Waals surface area contributed by atoms with Gasteiger partial charge < -0.3 is 26.4 Å². The van der Waals surface area contributed by atoms with Crippen molar-refractivity contribution in [2.45, 2.75) is 31.9 Å². The maximum Gasteiger partial charge on any atom is 0.255 e. The number of nitrogen functional groups attached to an aromatic ring is 1. The van der Waals surface area contributed by atoms with Crippen molar-refractivity contribution < 1.29 is 22.7 Å². The molecular formula is C25H27F3N8O2. The summed E-state index contributed by atoms with van der Waals surface area (Å²) < 4.78 is 47.6. The smallest absolute Gasteiger partial charge is 0.255 e. The van der Waals surface area contributed by atoms with Crippen LogP contribution in [0.15, 0.2) is 41.0 Å². The molecule has 2 aliphatic rings. The third-order valence-electron chi connectivity index (χ3n) is 6.97. The van der Waals surface area contributed by atoms with Gasteiger partial charge in [-0.15, -0.1) is 0 Å². The normalized spacial score (nSPS) is 19.8. The van der Waals surface area contributed by atoms with E-state index < -0.39 is 30.2 Å². The number of fused-ring (bicyclic) bond motifs is 2. The number of amides is 1. The standard InChI is InChI=1S/C25H27F3N8O2/c1-13-5-21(38-2)32-12-25(13,30)17-6-14-7-19(31-9-16(14)24(29)23(17)28)33-20-8-15-3-4-35(10-18(26)27)22(37)11-36(15)34-20/h5-9,18H,3-4,10-12,29-30H2,1-2H3,(H,31,33,34). The fraction of sp³-hybridized carbons (Fsp3) is 0.360. The van der Waals surface area contributed by atoms with Crippen LogP contribution in [0.5, 0.6) is 0 Å². The van der Waals surface area contributed by atoms with Gasteiger partial charge in [-0.1, -0.05) is 0 Å². The topological polar surface area (TPSA) is 137 Å². The van der Waals surface area contributed by atoms with Crippen LogP contribution in [0.1, 0.15) is 18.2 Å². The van der Waals surface area contributed by atoms with Gasteiger partial charge in [-0.2, -0.15) is 5.10 Å². The van der Waals surface area contributed by atoms with Crippen molar-refractivity contribution in [1.82, 2.24) is 19.7 Å². The number of aromatic nitrogens is 3. The number of nitrogens with zero attached hydrogens (tertiary/aromatic N) is 5. The first-order valence-electron chi connectivity index (χ1n) is 11.9. The largest absolute Gasteiger partial charge is 0.481 e. The number of dihydropyridines is 1. The van der Waals surface area contributed by atoms with Gasteiger partial charge >= 0.3 is 0 Å². The van der Waals surface area contributed by atoms with Crippen LogP contribution in [0.25, 0.3) is 10.8 Å². The first kappa shape index (κ1) is 25.5. The van der Waals surface area contributed by atoms with E-state index in [1.54, 1.807) is 31.2 Å². The molecule has 1 amide bonds. The summed E-state index contributed by atoms with van der Waals surface area (Å²) in [7, 11) is 1.50. The van der Waals surface area contributed by atoms with Crippen LogP contribution in [-0.4, -0.2) is 64.6 Å². The molecule has 1 atom stereocenters. The quantitative estimate of drug-likeness (QED) is 0.433. The van der Waals surface area contributed by atoms with Crippen molar-refractivity contribution in [3.8, 4) is 0 Å². The van der Waals surface area contributed by atoms with Crippen LogP contribution in [0.3, 0.4) is 0 Å². The Morgan fingerprint density at radius 3 is 2.76 bits per heavy atom. The highest BCUT2D eigenvalue weighted by Crippen LogP contribution is 2.37. The predicted molar refractivity (Wildman–Crippen MR) is 137 cm³/mol. The second kappa shape index (κ2) is 9.63. The maximum absolute atomic E-state index is 15.4. The van der Waals surface area contributed by atoms with Gasteiger partial charge in [-0.25, -0.2) is 23.1 Å². The number of aliphatic imine (C=N–C) groups is 1. The molecule has 2 aromatic heterocycles. The predicted octanol–water partition coefficient (Wildman–Crippen LogP) is 2.70. The Morgan fingerprint density at radius 2 is 2.05 bits per heavy atom. The number of methoxy groups -OCH3 is 1. The van der Waals surface area contributed by atoms with Crippen LogP contribution in [0.4, 0.5) is 30.5 Å². The van der Waals surface area contributed by atoms with Crippen molar-refractivity contribution in [2.24, 2.45) is 10.7 Å². The number of halogens is 3. The number of benzene rings is 1. The van der Waals surface area contributed by atoms with Gasteiger partial charge in [0.2, 0.25) is 11.8 Å². The van der Waals surface area contributed by atoms with E-state index in [0.29, 0.717) is 40.3 Å². The molecule has 5 rings (SSSR count). The fourth-order valence-corrected chi connectivity index (χ4v) is 4.75. The second-order valence-corrected chi connectivity index (χ2v) is 9.38. The van der Waals surface area contributed by atoms with Crippen molar-refractivity contribution in [1.29, 1.82) is 0 Å². The second-order valence-electron chi connectivity index (χ2n) is 9.38. The zero-order chi connectivity index (χ0) is 27.2. The van der Waals surface area contributed by atoms with Crippen LogP contribution < -0.4 is 16.8 Å². The molecule has 0 fully saturated rings. The van der Waals surface area contributed by atoms with E-state index in [1.807, 2.05) is 0 Å². The van der Waals surface area contributed by atoms with Gasteiger partial charge in [-0.3, -0.25) is 9.48 Å². The number of pyridine rings is 1. The van der Waals surface area contributed by atoms with Crippen LogP contribution in [0, 0.1) is 5.82 Å². The Kier molecular flexibility index (Phi) is 6.47. The zero-order valence-corrected chi connectivity index (χ0v) is 20.8. The summed E-state index contributed by atoms with van der Waals surface area (Å²) in [5, 5.41) is 8.52. The maximum atomic E-state index is 15.4. The van der Waals surface area contributed by atoms with Gasteiger partial charge in [0.05, 0.1) is 31.4 Å². The number of nitrogens with two attached hydrogens (primary N) is 2. The average Bonchev–Trinajstić information content (AvgIpc) is 3.19. The monoisotopic (exact) mass is 528 g/mol. The molecular weight excluding hydrogens is 501 g/mol. The molecule has 0 spiro atoms. The van der Waals surface area contributed by atoms with E-state index in [1.165, 1.54) is 18.0 Å². The third kappa shape index (κ3) is 4.53. The lowest BCUT2D eigenvalue weighted by atomic mass is 9.81. The summed E-state index contributed by atoms with van der Waals surface area (Å²) in [4.78, 5) is 22.1. The summed E-state index contributed by atoms with van der Waals surface area (Å²) in [5.41, 5.74) is 13.1. The molecule has 1 unspecified atom stereocenters. The van der Waals surface area contributed by atoms with Gasteiger partial charge in [0.1, 0.15) is 12.4 Å².